The summed E-state index contributed by atoms with van der Waals surface area (Å²) in [6, 6.07) is 2.14. The molecule has 0 aliphatic carbocycles. The van der Waals surface area contributed by atoms with Gasteiger partial charge in [0.25, 0.3) is 0 Å². The summed E-state index contributed by atoms with van der Waals surface area (Å²) >= 11 is 4.63. The van der Waals surface area contributed by atoms with Gasteiger partial charge in [-0.2, -0.15) is 0 Å². The summed E-state index contributed by atoms with van der Waals surface area (Å²) in [5.74, 6) is 0. The van der Waals surface area contributed by atoms with Crippen molar-refractivity contribution >= 4 is 56.2 Å². The van der Waals surface area contributed by atoms with Gasteiger partial charge in [-0.25, -0.2) is 0 Å². The molecule has 2 nitrogen and oxygen atoms in total. The van der Waals surface area contributed by atoms with Crippen molar-refractivity contribution in [3.05, 3.63) is 31.2 Å². The molecule has 0 bridgehead atoms. The fourth-order valence-corrected chi connectivity index (χ4v) is 2.50. The lowest BCUT2D eigenvalue weighted by Gasteiger charge is -2.04. The molecule has 0 saturated heterocycles. The summed E-state index contributed by atoms with van der Waals surface area (Å²) in [5.41, 5.74) is 3.20. The van der Waals surface area contributed by atoms with Crippen molar-refractivity contribution in [2.75, 3.05) is 0 Å². The average Bonchev–Trinajstić information content (AvgIpc) is 2.15. The first kappa shape index (κ1) is 9.57. The fourth-order valence-electron chi connectivity index (χ4n) is 1.22. The lowest BCUT2D eigenvalue weighted by molar-refractivity contribution is 1.26. The van der Waals surface area contributed by atoms with Crippen LogP contribution in [0.1, 0.15) is 5.56 Å². The van der Waals surface area contributed by atoms with Crippen molar-refractivity contribution in [2.45, 2.75) is 6.92 Å². The molecular weight excluding hydrogens is 390 g/mol. The van der Waals surface area contributed by atoms with E-state index in [1.807, 2.05) is 0 Å². The molecule has 66 valence electrons. The molecule has 0 aliphatic rings. The number of halogens is 2. The third kappa shape index (κ3) is 1.65. The highest BCUT2D eigenvalue weighted by molar-refractivity contribution is 14.1. The Bertz CT molecular complexity index is 468. The Balaban J connectivity index is 2.97. The van der Waals surface area contributed by atoms with E-state index in [-0.39, 0.29) is 0 Å². The first-order valence-corrected chi connectivity index (χ1v) is 5.91. The molecule has 1 aromatic carbocycles. The Morgan fingerprint density at radius 2 is 1.69 bits per heavy atom. The lowest BCUT2D eigenvalue weighted by Crippen LogP contribution is -1.91. The maximum Gasteiger partial charge on any atom is 0.103 e. The van der Waals surface area contributed by atoms with Crippen molar-refractivity contribution < 1.29 is 0 Å². The first-order valence-electron chi connectivity index (χ1n) is 3.75. The van der Waals surface area contributed by atoms with Crippen molar-refractivity contribution in [1.29, 1.82) is 0 Å². The minimum absolute atomic E-state index is 1.01. The van der Waals surface area contributed by atoms with Gasteiger partial charge in [-0.15, -0.1) is 0 Å². The number of hydrogen-bond acceptors (Lipinski definition) is 2. The van der Waals surface area contributed by atoms with Crippen LogP contribution in [0.3, 0.4) is 0 Å². The number of aromatic nitrogens is 2. The van der Waals surface area contributed by atoms with Crippen LogP contribution < -0.4 is 0 Å². The molecule has 1 aromatic heterocycles. The van der Waals surface area contributed by atoms with Gasteiger partial charge in [0.05, 0.1) is 9.09 Å². The maximum absolute atomic E-state index is 4.33. The van der Waals surface area contributed by atoms with Crippen LogP contribution in [0.5, 0.6) is 0 Å². The lowest BCUT2D eigenvalue weighted by atomic mass is 10.2. The molecule has 0 radical (unpaired) electrons. The van der Waals surface area contributed by atoms with Crippen LogP contribution in [0.4, 0.5) is 0 Å². The average molecular weight is 396 g/mol. The van der Waals surface area contributed by atoms with Gasteiger partial charge in [-0.1, -0.05) is 0 Å². The topological polar surface area (TPSA) is 25.8 Å². The quantitative estimate of drug-likeness (QED) is 0.640. The highest BCUT2D eigenvalue weighted by atomic mass is 127. The van der Waals surface area contributed by atoms with E-state index in [4.69, 9.17) is 0 Å². The van der Waals surface area contributed by atoms with Crippen LogP contribution in [0.2, 0.25) is 0 Å². The van der Waals surface area contributed by atoms with Gasteiger partial charge >= 0.3 is 0 Å². The van der Waals surface area contributed by atoms with Crippen molar-refractivity contribution in [3.63, 3.8) is 0 Å². The van der Waals surface area contributed by atoms with E-state index in [0.717, 1.165) is 11.0 Å². The standard InChI is InChI=1S/C9H6I2N2/c1-5-4-6(10)7(11)9-8(5)12-2-3-13-9/h2-4H,1H3. The Labute approximate surface area is 103 Å². The monoisotopic (exact) mass is 396 g/mol. The minimum atomic E-state index is 1.01. The summed E-state index contributed by atoms with van der Waals surface area (Å²) < 4.78 is 2.43. The van der Waals surface area contributed by atoms with Crippen LogP contribution in [0.15, 0.2) is 18.5 Å². The fraction of sp³-hybridized carbons (Fsp3) is 0.111. The molecule has 0 amide bonds. The number of hydrogen-bond donors (Lipinski definition) is 0. The van der Waals surface area contributed by atoms with Crippen molar-refractivity contribution in [1.82, 2.24) is 9.97 Å². The zero-order valence-electron chi connectivity index (χ0n) is 6.88. The molecule has 0 fully saturated rings. The summed E-state index contributed by atoms with van der Waals surface area (Å²) in [5, 5.41) is 0. The van der Waals surface area contributed by atoms with Gasteiger partial charge in [0.15, 0.2) is 0 Å². The third-order valence-electron chi connectivity index (χ3n) is 1.83. The van der Waals surface area contributed by atoms with E-state index >= 15 is 0 Å². The number of benzene rings is 1. The van der Waals surface area contributed by atoms with Gasteiger partial charge in [0.1, 0.15) is 5.52 Å². The molecule has 0 saturated carbocycles. The number of aryl methyl sites for hydroxylation is 1. The van der Waals surface area contributed by atoms with Crippen LogP contribution in [0, 0.1) is 14.1 Å². The molecule has 2 aromatic rings. The van der Waals surface area contributed by atoms with Crippen LogP contribution in [0.25, 0.3) is 11.0 Å². The summed E-state index contributed by atoms with van der Waals surface area (Å²) in [7, 11) is 0. The second kappa shape index (κ2) is 3.64. The minimum Gasteiger partial charge on any atom is -0.253 e. The molecule has 4 heteroatoms. The SMILES string of the molecule is Cc1cc(I)c(I)c2nccnc12. The molecule has 13 heavy (non-hydrogen) atoms. The Morgan fingerprint density at radius 3 is 2.38 bits per heavy atom. The van der Waals surface area contributed by atoms with E-state index in [2.05, 4.69) is 68.1 Å². The van der Waals surface area contributed by atoms with Gasteiger partial charge in [-0.3, -0.25) is 9.97 Å². The summed E-state index contributed by atoms with van der Waals surface area (Å²) in [6.45, 7) is 2.06. The number of rotatable bonds is 0. The highest BCUT2D eigenvalue weighted by Gasteiger charge is 2.07. The van der Waals surface area contributed by atoms with Crippen molar-refractivity contribution in [2.24, 2.45) is 0 Å². The zero-order chi connectivity index (χ0) is 9.42. The van der Waals surface area contributed by atoms with Gasteiger partial charge in [0, 0.05) is 16.0 Å². The van der Waals surface area contributed by atoms with E-state index in [1.54, 1.807) is 12.4 Å². The molecule has 2 rings (SSSR count). The largest absolute Gasteiger partial charge is 0.253 e. The predicted molar refractivity (Wildman–Crippen MR) is 69.7 cm³/mol. The predicted octanol–water partition coefficient (Wildman–Crippen LogP) is 3.15. The van der Waals surface area contributed by atoms with E-state index in [0.29, 0.717) is 0 Å². The Kier molecular flexibility index (Phi) is 2.68. The zero-order valence-corrected chi connectivity index (χ0v) is 11.2. The molecule has 0 spiro atoms. The van der Waals surface area contributed by atoms with Crippen LogP contribution in [-0.4, -0.2) is 9.97 Å². The first-order chi connectivity index (χ1) is 6.20. The smallest absolute Gasteiger partial charge is 0.103 e. The number of nitrogens with zero attached hydrogens (tertiary/aromatic N) is 2. The number of fused-ring (bicyclic) bond motifs is 1. The maximum atomic E-state index is 4.33. The summed E-state index contributed by atoms with van der Waals surface area (Å²) in [4.78, 5) is 8.64. The molecule has 0 atom stereocenters. The molecule has 1 heterocycles. The molecule has 0 N–H and O–H groups in total. The molecular formula is C9H6I2N2. The van der Waals surface area contributed by atoms with E-state index in [9.17, 15) is 0 Å². The molecule has 0 aliphatic heterocycles. The van der Waals surface area contributed by atoms with Gasteiger partial charge in [0.2, 0.25) is 0 Å². The third-order valence-corrected chi connectivity index (χ3v) is 4.81. The van der Waals surface area contributed by atoms with Crippen molar-refractivity contribution in [3.8, 4) is 0 Å². The summed E-state index contributed by atoms with van der Waals surface area (Å²) in [6.07, 6.45) is 3.47. The van der Waals surface area contributed by atoms with Gasteiger partial charge < -0.3 is 0 Å². The van der Waals surface area contributed by atoms with E-state index in [1.165, 1.54) is 12.7 Å². The van der Waals surface area contributed by atoms with Crippen LogP contribution >= 0.6 is 45.2 Å². The second-order valence-corrected chi connectivity index (χ2v) is 4.98. The second-order valence-electron chi connectivity index (χ2n) is 2.74. The van der Waals surface area contributed by atoms with Crippen LogP contribution in [-0.2, 0) is 0 Å². The van der Waals surface area contributed by atoms with E-state index < -0.39 is 0 Å². The normalized spacial score (nSPS) is 10.7. The van der Waals surface area contributed by atoms with Gasteiger partial charge in [-0.05, 0) is 63.7 Å². The highest BCUT2D eigenvalue weighted by Crippen LogP contribution is 2.24. The Morgan fingerprint density at radius 1 is 1.08 bits per heavy atom. The molecule has 0 unspecified atom stereocenters. The Hall–Kier alpha value is 0.0200.